The lowest BCUT2D eigenvalue weighted by molar-refractivity contribution is 0.554. The summed E-state index contributed by atoms with van der Waals surface area (Å²) in [6, 6.07) is 0. The average Bonchev–Trinajstić information content (AvgIpc) is 2.14. The fourth-order valence-electron chi connectivity index (χ4n) is 1.11. The lowest BCUT2D eigenvalue weighted by Crippen LogP contribution is -2.34. The molecule has 0 heterocycles. The molecule has 0 atom stereocenters. The van der Waals surface area contributed by atoms with Crippen molar-refractivity contribution in [1.82, 2.24) is 5.32 Å². The second-order valence-corrected chi connectivity index (χ2v) is 7.70. The first kappa shape index (κ1) is 15.5. The Labute approximate surface area is 99.9 Å². The molecule has 0 spiro atoms. The molecule has 0 saturated carbocycles. The van der Waals surface area contributed by atoms with Gasteiger partial charge in [0.1, 0.15) is 0 Å². The summed E-state index contributed by atoms with van der Waals surface area (Å²) < 4.78 is 22.8. The van der Waals surface area contributed by atoms with E-state index in [-0.39, 0.29) is 5.75 Å². The highest BCUT2D eigenvalue weighted by molar-refractivity contribution is 7.92. The van der Waals surface area contributed by atoms with Crippen molar-refractivity contribution in [2.45, 2.75) is 44.8 Å². The van der Waals surface area contributed by atoms with Crippen molar-refractivity contribution in [3.05, 3.63) is 0 Å². The summed E-state index contributed by atoms with van der Waals surface area (Å²) in [6.45, 7) is 6.55. The molecule has 16 heavy (non-hydrogen) atoms. The first-order valence-electron chi connectivity index (χ1n) is 5.68. The molecule has 0 aromatic heterocycles. The van der Waals surface area contributed by atoms with E-state index in [1.165, 1.54) is 0 Å². The number of nitrogens with one attached hydrogen (secondary N) is 1. The van der Waals surface area contributed by atoms with Crippen molar-refractivity contribution in [2.75, 3.05) is 18.8 Å². The Morgan fingerprint density at radius 2 is 1.81 bits per heavy atom. The zero-order valence-corrected chi connectivity index (χ0v) is 11.4. The van der Waals surface area contributed by atoms with Crippen LogP contribution in [0.3, 0.4) is 0 Å². The summed E-state index contributed by atoms with van der Waals surface area (Å²) in [5.74, 6) is 2.78. The minimum atomic E-state index is -2.99. The average molecular weight is 245 g/mol. The Kier molecular flexibility index (Phi) is 6.70. The SMILES string of the molecule is C#CCCCCNCCS(=O)(=O)C(C)(C)C. The molecule has 94 valence electrons. The van der Waals surface area contributed by atoms with Gasteiger partial charge in [-0.05, 0) is 40.2 Å². The maximum absolute atomic E-state index is 11.7. The summed E-state index contributed by atoms with van der Waals surface area (Å²) >= 11 is 0. The van der Waals surface area contributed by atoms with Crippen LogP contribution in [0, 0.1) is 12.3 Å². The Morgan fingerprint density at radius 1 is 1.19 bits per heavy atom. The molecule has 0 aliphatic heterocycles. The van der Waals surface area contributed by atoms with Gasteiger partial charge in [0, 0.05) is 13.0 Å². The van der Waals surface area contributed by atoms with Crippen molar-refractivity contribution in [3.63, 3.8) is 0 Å². The highest BCUT2D eigenvalue weighted by Gasteiger charge is 2.27. The van der Waals surface area contributed by atoms with Gasteiger partial charge >= 0.3 is 0 Å². The summed E-state index contributed by atoms with van der Waals surface area (Å²) in [6.07, 6.45) is 7.91. The van der Waals surface area contributed by atoms with Crippen LogP contribution in [0.15, 0.2) is 0 Å². The van der Waals surface area contributed by atoms with Crippen molar-refractivity contribution < 1.29 is 8.42 Å². The lowest BCUT2D eigenvalue weighted by Gasteiger charge is -2.19. The monoisotopic (exact) mass is 245 g/mol. The van der Waals surface area contributed by atoms with Gasteiger partial charge in [0.15, 0.2) is 9.84 Å². The van der Waals surface area contributed by atoms with Crippen LogP contribution in [0.4, 0.5) is 0 Å². The van der Waals surface area contributed by atoms with Gasteiger partial charge in [-0.1, -0.05) is 0 Å². The molecule has 0 rings (SSSR count). The predicted octanol–water partition coefficient (Wildman–Crippen LogP) is 1.59. The molecule has 0 saturated heterocycles. The maximum atomic E-state index is 11.7. The number of terminal acetylenes is 1. The predicted molar refractivity (Wildman–Crippen MR) is 69.1 cm³/mol. The van der Waals surface area contributed by atoms with Gasteiger partial charge in [0.25, 0.3) is 0 Å². The number of hydrogen-bond donors (Lipinski definition) is 1. The lowest BCUT2D eigenvalue weighted by atomic mass is 10.2. The van der Waals surface area contributed by atoms with Crippen LogP contribution >= 0.6 is 0 Å². The van der Waals surface area contributed by atoms with Gasteiger partial charge in [-0.3, -0.25) is 0 Å². The zero-order valence-electron chi connectivity index (χ0n) is 10.5. The van der Waals surface area contributed by atoms with Crippen molar-refractivity contribution >= 4 is 9.84 Å². The van der Waals surface area contributed by atoms with E-state index < -0.39 is 14.6 Å². The Bertz CT molecular complexity index is 320. The van der Waals surface area contributed by atoms with Gasteiger partial charge in [-0.25, -0.2) is 8.42 Å². The molecule has 0 amide bonds. The smallest absolute Gasteiger partial charge is 0.156 e. The molecule has 0 aromatic rings. The third kappa shape index (κ3) is 6.14. The van der Waals surface area contributed by atoms with E-state index in [0.29, 0.717) is 6.54 Å². The van der Waals surface area contributed by atoms with Crippen LogP contribution in [0.25, 0.3) is 0 Å². The van der Waals surface area contributed by atoms with Crippen LogP contribution in [-0.2, 0) is 9.84 Å². The van der Waals surface area contributed by atoms with Crippen LogP contribution in [-0.4, -0.2) is 32.0 Å². The first-order chi connectivity index (χ1) is 7.31. The van der Waals surface area contributed by atoms with E-state index >= 15 is 0 Å². The second-order valence-electron chi connectivity index (χ2n) is 4.84. The van der Waals surface area contributed by atoms with E-state index in [4.69, 9.17) is 6.42 Å². The molecule has 0 aromatic carbocycles. The van der Waals surface area contributed by atoms with E-state index in [0.717, 1.165) is 25.8 Å². The topological polar surface area (TPSA) is 46.2 Å². The normalized spacial score (nSPS) is 12.4. The molecular formula is C12H23NO2S. The van der Waals surface area contributed by atoms with Gasteiger partial charge in [0.2, 0.25) is 0 Å². The number of hydrogen-bond acceptors (Lipinski definition) is 3. The molecule has 0 aliphatic carbocycles. The molecule has 1 N–H and O–H groups in total. The highest BCUT2D eigenvalue weighted by Crippen LogP contribution is 2.15. The molecule has 0 bridgehead atoms. The van der Waals surface area contributed by atoms with Gasteiger partial charge in [-0.2, -0.15) is 0 Å². The summed E-state index contributed by atoms with van der Waals surface area (Å²) in [7, 11) is -2.99. The van der Waals surface area contributed by atoms with Crippen LogP contribution in [0.1, 0.15) is 40.0 Å². The molecule has 0 aliphatic rings. The minimum Gasteiger partial charge on any atom is -0.316 e. The maximum Gasteiger partial charge on any atom is 0.156 e. The van der Waals surface area contributed by atoms with Crippen LogP contribution < -0.4 is 5.32 Å². The number of unbranched alkanes of at least 4 members (excludes halogenated alkanes) is 2. The largest absolute Gasteiger partial charge is 0.316 e. The quantitative estimate of drug-likeness (QED) is 0.547. The fraction of sp³-hybridized carbons (Fsp3) is 0.833. The highest BCUT2D eigenvalue weighted by atomic mass is 32.2. The zero-order chi connectivity index (χ0) is 12.7. The van der Waals surface area contributed by atoms with Gasteiger partial charge < -0.3 is 5.32 Å². The molecule has 3 nitrogen and oxygen atoms in total. The number of sulfone groups is 1. The third-order valence-electron chi connectivity index (χ3n) is 2.41. The summed E-state index contributed by atoms with van der Waals surface area (Å²) in [5.41, 5.74) is 0. The van der Waals surface area contributed by atoms with Gasteiger partial charge in [-0.15, -0.1) is 12.3 Å². The number of rotatable bonds is 7. The van der Waals surface area contributed by atoms with Gasteiger partial charge in [0.05, 0.1) is 10.5 Å². The molecule has 4 heteroatoms. The fourth-order valence-corrected chi connectivity index (χ4v) is 2.14. The van der Waals surface area contributed by atoms with E-state index in [2.05, 4.69) is 11.2 Å². The second kappa shape index (κ2) is 6.93. The first-order valence-corrected chi connectivity index (χ1v) is 7.33. The van der Waals surface area contributed by atoms with E-state index in [1.54, 1.807) is 20.8 Å². The van der Waals surface area contributed by atoms with Crippen molar-refractivity contribution in [3.8, 4) is 12.3 Å². The molecular weight excluding hydrogens is 222 g/mol. The molecule has 0 radical (unpaired) electrons. The van der Waals surface area contributed by atoms with E-state index in [1.807, 2.05) is 0 Å². The van der Waals surface area contributed by atoms with Crippen LogP contribution in [0.5, 0.6) is 0 Å². The Hall–Kier alpha value is -0.530. The molecule has 0 fully saturated rings. The van der Waals surface area contributed by atoms with Crippen molar-refractivity contribution in [1.29, 1.82) is 0 Å². The van der Waals surface area contributed by atoms with E-state index in [9.17, 15) is 8.42 Å². The van der Waals surface area contributed by atoms with Crippen molar-refractivity contribution in [2.24, 2.45) is 0 Å². The van der Waals surface area contributed by atoms with Crippen LogP contribution in [0.2, 0.25) is 0 Å². The third-order valence-corrected chi connectivity index (χ3v) is 5.01. The minimum absolute atomic E-state index is 0.200. The standard InChI is InChI=1S/C12H23NO2S/c1-5-6-7-8-9-13-10-11-16(14,15)12(2,3)4/h1,13H,6-11H2,2-4H3. The summed E-state index contributed by atoms with van der Waals surface area (Å²) in [4.78, 5) is 0. The molecule has 0 unspecified atom stereocenters. The Morgan fingerprint density at radius 3 is 2.31 bits per heavy atom. The summed E-state index contributed by atoms with van der Waals surface area (Å²) in [5, 5.41) is 3.12. The Balaban J connectivity index is 3.65.